The minimum absolute atomic E-state index is 0.478. The number of piperidine rings is 1. The third-order valence-corrected chi connectivity index (χ3v) is 4.84. The number of fused-ring (bicyclic) bond motifs is 2. The first-order chi connectivity index (χ1) is 7.79. The highest BCUT2D eigenvalue weighted by atomic mass is 16.4. The second-order valence-corrected chi connectivity index (χ2v) is 5.98. The molecule has 4 unspecified atom stereocenters. The van der Waals surface area contributed by atoms with Gasteiger partial charge < -0.3 is 5.21 Å². The van der Waals surface area contributed by atoms with Crippen molar-refractivity contribution in [1.82, 2.24) is 4.90 Å². The second kappa shape index (κ2) is 4.02. The van der Waals surface area contributed by atoms with Crippen molar-refractivity contribution in [3.63, 3.8) is 0 Å². The second-order valence-electron chi connectivity index (χ2n) is 5.98. The minimum Gasteiger partial charge on any atom is -0.411 e. The van der Waals surface area contributed by atoms with E-state index in [4.69, 9.17) is 0 Å². The van der Waals surface area contributed by atoms with E-state index in [0.29, 0.717) is 12.0 Å². The summed E-state index contributed by atoms with van der Waals surface area (Å²) in [5, 5.41) is 12.8. The zero-order valence-electron chi connectivity index (χ0n) is 10.1. The van der Waals surface area contributed by atoms with Crippen LogP contribution < -0.4 is 0 Å². The van der Waals surface area contributed by atoms with Crippen LogP contribution in [0, 0.1) is 17.8 Å². The van der Waals surface area contributed by atoms with Crippen molar-refractivity contribution in [2.24, 2.45) is 22.9 Å². The fraction of sp³-hybridized carbons (Fsp3) is 0.923. The SMILES string of the molecule is CC1CCCN(C2/C(=N\O)C3CCC2C3)C1. The zero-order chi connectivity index (χ0) is 11.1. The van der Waals surface area contributed by atoms with Gasteiger partial charge in [-0.25, -0.2) is 0 Å². The van der Waals surface area contributed by atoms with Crippen LogP contribution in [0.5, 0.6) is 0 Å². The molecule has 3 fully saturated rings. The summed E-state index contributed by atoms with van der Waals surface area (Å²) < 4.78 is 0. The topological polar surface area (TPSA) is 35.8 Å². The summed E-state index contributed by atoms with van der Waals surface area (Å²) in [7, 11) is 0. The van der Waals surface area contributed by atoms with E-state index in [1.165, 1.54) is 45.2 Å². The molecule has 2 bridgehead atoms. The number of oxime groups is 1. The van der Waals surface area contributed by atoms with Gasteiger partial charge in [0, 0.05) is 12.5 Å². The Morgan fingerprint density at radius 3 is 2.94 bits per heavy atom. The van der Waals surface area contributed by atoms with E-state index < -0.39 is 0 Å². The Labute approximate surface area is 97.5 Å². The van der Waals surface area contributed by atoms with Crippen LogP contribution >= 0.6 is 0 Å². The van der Waals surface area contributed by atoms with Crippen molar-refractivity contribution < 1.29 is 5.21 Å². The minimum atomic E-state index is 0.478. The summed E-state index contributed by atoms with van der Waals surface area (Å²) in [6, 6.07) is 0.478. The lowest BCUT2D eigenvalue weighted by atomic mass is 9.89. The molecule has 90 valence electrons. The van der Waals surface area contributed by atoms with E-state index in [2.05, 4.69) is 17.0 Å². The van der Waals surface area contributed by atoms with E-state index in [-0.39, 0.29) is 0 Å². The van der Waals surface area contributed by atoms with Gasteiger partial charge in [-0.05, 0) is 50.5 Å². The Hall–Kier alpha value is -0.570. The summed E-state index contributed by atoms with van der Waals surface area (Å²) in [4.78, 5) is 2.59. The molecule has 1 heterocycles. The van der Waals surface area contributed by atoms with Crippen LogP contribution in [0.2, 0.25) is 0 Å². The molecule has 3 nitrogen and oxygen atoms in total. The fourth-order valence-electron chi connectivity index (χ4n) is 4.16. The van der Waals surface area contributed by atoms with Gasteiger partial charge in [-0.2, -0.15) is 0 Å². The summed E-state index contributed by atoms with van der Waals surface area (Å²) in [6.07, 6.45) is 6.55. The molecule has 3 rings (SSSR count). The molecule has 0 aromatic carbocycles. The van der Waals surface area contributed by atoms with Crippen molar-refractivity contribution in [2.75, 3.05) is 13.1 Å². The molecule has 1 N–H and O–H groups in total. The van der Waals surface area contributed by atoms with Crippen molar-refractivity contribution >= 4 is 5.71 Å². The average molecular weight is 222 g/mol. The average Bonchev–Trinajstić information content (AvgIpc) is 2.88. The highest BCUT2D eigenvalue weighted by molar-refractivity contribution is 5.94. The fourth-order valence-corrected chi connectivity index (χ4v) is 4.16. The summed E-state index contributed by atoms with van der Waals surface area (Å²) in [5.41, 5.74) is 1.10. The van der Waals surface area contributed by atoms with Crippen LogP contribution in [0.4, 0.5) is 0 Å². The van der Waals surface area contributed by atoms with Gasteiger partial charge >= 0.3 is 0 Å². The van der Waals surface area contributed by atoms with Crippen molar-refractivity contribution in [2.45, 2.75) is 45.1 Å². The van der Waals surface area contributed by atoms with Gasteiger partial charge in [0.2, 0.25) is 0 Å². The molecule has 2 aliphatic carbocycles. The Kier molecular flexibility index (Phi) is 2.66. The van der Waals surface area contributed by atoms with Crippen LogP contribution in [0.3, 0.4) is 0 Å². The van der Waals surface area contributed by atoms with Crippen molar-refractivity contribution in [3.8, 4) is 0 Å². The van der Waals surface area contributed by atoms with Gasteiger partial charge in [-0.15, -0.1) is 0 Å². The lowest BCUT2D eigenvalue weighted by Gasteiger charge is -2.39. The maximum absolute atomic E-state index is 9.22. The molecule has 4 atom stereocenters. The molecular weight excluding hydrogens is 200 g/mol. The van der Waals surface area contributed by atoms with Crippen LogP contribution in [-0.2, 0) is 0 Å². The normalized spacial score (nSPS) is 46.7. The quantitative estimate of drug-likeness (QED) is 0.546. The Morgan fingerprint density at radius 1 is 1.31 bits per heavy atom. The Morgan fingerprint density at radius 2 is 2.19 bits per heavy atom. The summed E-state index contributed by atoms with van der Waals surface area (Å²) in [5.74, 6) is 2.19. The molecule has 3 heteroatoms. The predicted molar refractivity (Wildman–Crippen MR) is 63.8 cm³/mol. The molecule has 2 saturated carbocycles. The number of rotatable bonds is 1. The Bertz CT molecular complexity index is 302. The highest BCUT2D eigenvalue weighted by Crippen LogP contribution is 2.45. The van der Waals surface area contributed by atoms with Crippen LogP contribution in [0.15, 0.2) is 5.16 Å². The van der Waals surface area contributed by atoms with E-state index in [0.717, 1.165) is 17.5 Å². The van der Waals surface area contributed by atoms with E-state index in [1.54, 1.807) is 0 Å². The molecule has 16 heavy (non-hydrogen) atoms. The van der Waals surface area contributed by atoms with Crippen molar-refractivity contribution in [3.05, 3.63) is 0 Å². The third kappa shape index (κ3) is 1.56. The van der Waals surface area contributed by atoms with E-state index in [9.17, 15) is 5.21 Å². The molecule has 1 aliphatic heterocycles. The maximum atomic E-state index is 9.22. The maximum Gasteiger partial charge on any atom is 0.0775 e. The highest BCUT2D eigenvalue weighted by Gasteiger charge is 2.48. The number of hydrogen-bond donors (Lipinski definition) is 1. The first-order valence-electron chi connectivity index (χ1n) is 6.75. The summed E-state index contributed by atoms with van der Waals surface area (Å²) in [6.45, 7) is 4.75. The lowest BCUT2D eigenvalue weighted by molar-refractivity contribution is 0.131. The molecule has 0 radical (unpaired) electrons. The molecular formula is C13H22N2O. The molecule has 0 aromatic rings. The number of nitrogens with zero attached hydrogens (tertiary/aromatic N) is 2. The van der Waals surface area contributed by atoms with E-state index >= 15 is 0 Å². The largest absolute Gasteiger partial charge is 0.411 e. The van der Waals surface area contributed by atoms with E-state index in [1.807, 2.05) is 0 Å². The molecule has 0 aromatic heterocycles. The first-order valence-corrected chi connectivity index (χ1v) is 6.75. The van der Waals surface area contributed by atoms with Crippen molar-refractivity contribution in [1.29, 1.82) is 0 Å². The summed E-state index contributed by atoms with van der Waals surface area (Å²) >= 11 is 0. The van der Waals surface area contributed by atoms with Gasteiger partial charge in [0.15, 0.2) is 0 Å². The standard InChI is InChI=1S/C13H22N2O/c1-9-3-2-6-15(8-9)13-11-5-4-10(7-11)12(13)14-16/h9-11,13,16H,2-8H2,1H3/b14-12-. The van der Waals surface area contributed by atoms with Crippen LogP contribution in [0.25, 0.3) is 0 Å². The number of likely N-dealkylation sites (tertiary alicyclic amines) is 1. The Balaban J connectivity index is 1.78. The van der Waals surface area contributed by atoms with Crippen LogP contribution in [0.1, 0.15) is 39.0 Å². The predicted octanol–water partition coefficient (Wildman–Crippen LogP) is 2.35. The van der Waals surface area contributed by atoms with Gasteiger partial charge in [0.25, 0.3) is 0 Å². The third-order valence-electron chi connectivity index (χ3n) is 4.84. The monoisotopic (exact) mass is 222 g/mol. The van der Waals surface area contributed by atoms with Gasteiger partial charge in [-0.3, -0.25) is 4.90 Å². The molecule has 1 saturated heterocycles. The van der Waals surface area contributed by atoms with Crippen LogP contribution in [-0.4, -0.2) is 35.0 Å². The number of hydrogen-bond acceptors (Lipinski definition) is 3. The molecule has 0 amide bonds. The zero-order valence-corrected chi connectivity index (χ0v) is 10.1. The lowest BCUT2D eigenvalue weighted by Crippen LogP contribution is -2.49. The molecule has 3 aliphatic rings. The smallest absolute Gasteiger partial charge is 0.0775 e. The van der Waals surface area contributed by atoms with Gasteiger partial charge in [-0.1, -0.05) is 12.1 Å². The molecule has 0 spiro atoms. The first kappa shape index (κ1) is 10.6. The van der Waals surface area contributed by atoms with Gasteiger partial charge in [0.05, 0.1) is 11.8 Å². The van der Waals surface area contributed by atoms with Gasteiger partial charge in [0.1, 0.15) is 0 Å².